The summed E-state index contributed by atoms with van der Waals surface area (Å²) < 4.78 is 0. The van der Waals surface area contributed by atoms with Crippen LogP contribution in [-0.4, -0.2) is 47.3 Å². The maximum absolute atomic E-state index is 9.17. The molecule has 0 bridgehead atoms. The second-order valence-electron chi connectivity index (χ2n) is 4.28. The van der Waals surface area contributed by atoms with E-state index in [-0.39, 0.29) is 0 Å². The van der Waals surface area contributed by atoms with Crippen molar-refractivity contribution >= 4 is 18.1 Å². The number of hydrogen-bond acceptors (Lipinski definition) is 4. The maximum atomic E-state index is 9.17. The highest BCUT2D eigenvalue weighted by atomic mass is 28.3. The molecule has 6 heteroatoms. The maximum Gasteiger partial charge on any atom is 0.169 e. The van der Waals surface area contributed by atoms with Crippen molar-refractivity contribution in [3.05, 3.63) is 0 Å². The Kier molecular flexibility index (Phi) is 14.5. The van der Waals surface area contributed by atoms with Crippen LogP contribution in [0.25, 0.3) is 0 Å². The Morgan fingerprint density at radius 2 is 1.73 bits per heavy atom. The van der Waals surface area contributed by atoms with Crippen molar-refractivity contribution in [2.75, 3.05) is 19.6 Å². The van der Waals surface area contributed by atoms with Crippen LogP contribution in [0.15, 0.2) is 0 Å². The smallest absolute Gasteiger partial charge is 0.169 e. The van der Waals surface area contributed by atoms with Crippen molar-refractivity contribution in [2.24, 2.45) is 11.7 Å². The van der Waals surface area contributed by atoms with Gasteiger partial charge in [0.05, 0.1) is 0 Å². The van der Waals surface area contributed by atoms with E-state index in [1.807, 2.05) is 19.6 Å². The summed E-state index contributed by atoms with van der Waals surface area (Å²) in [6, 6.07) is 0.998. The van der Waals surface area contributed by atoms with Crippen molar-refractivity contribution < 1.29 is 9.59 Å². The van der Waals surface area contributed by atoms with Gasteiger partial charge in [-0.3, -0.25) is 0 Å². The standard InChI is InChI=1S/C7H20N2OSi.C2H8OSi/c1-7(6-11(2)10)5-9-4-3-8;1-4(2)3/h7,9-11H,3-6,8H2,1-2H3;3-4H,1-2H3. The summed E-state index contributed by atoms with van der Waals surface area (Å²) in [5, 5.41) is 3.23. The zero-order valence-corrected chi connectivity index (χ0v) is 12.8. The molecule has 5 N–H and O–H groups in total. The van der Waals surface area contributed by atoms with Gasteiger partial charge in [-0.05, 0) is 38.1 Å². The first-order valence-corrected chi connectivity index (χ1v) is 11.0. The molecule has 0 fully saturated rings. The number of nitrogens with two attached hydrogens (primary N) is 1. The molecule has 0 heterocycles. The van der Waals surface area contributed by atoms with Crippen molar-refractivity contribution in [1.29, 1.82) is 0 Å². The van der Waals surface area contributed by atoms with Gasteiger partial charge in [0.2, 0.25) is 0 Å². The third kappa shape index (κ3) is 25.0. The van der Waals surface area contributed by atoms with Crippen molar-refractivity contribution in [3.63, 3.8) is 0 Å². The minimum atomic E-state index is -1.35. The summed E-state index contributed by atoms with van der Waals surface area (Å²) in [4.78, 5) is 17.4. The third-order valence-corrected chi connectivity index (χ3v) is 3.04. The van der Waals surface area contributed by atoms with E-state index < -0.39 is 18.1 Å². The first-order chi connectivity index (χ1) is 6.90. The molecule has 15 heavy (non-hydrogen) atoms. The second kappa shape index (κ2) is 12.3. The van der Waals surface area contributed by atoms with Gasteiger partial charge in [0.25, 0.3) is 0 Å². The summed E-state index contributed by atoms with van der Waals surface area (Å²) in [5.74, 6) is 0.591. The Morgan fingerprint density at radius 3 is 2.07 bits per heavy atom. The van der Waals surface area contributed by atoms with Gasteiger partial charge in [-0.25, -0.2) is 0 Å². The molecule has 2 atom stereocenters. The van der Waals surface area contributed by atoms with Gasteiger partial charge in [0.15, 0.2) is 18.1 Å². The molecule has 0 aromatic carbocycles. The SMILES string of the molecule is CC(CNCCN)C[SiH](C)O.C[SiH](C)O. The van der Waals surface area contributed by atoms with Gasteiger partial charge in [0, 0.05) is 13.1 Å². The van der Waals surface area contributed by atoms with E-state index in [2.05, 4.69) is 12.2 Å². The van der Waals surface area contributed by atoms with Crippen LogP contribution < -0.4 is 11.1 Å². The average Bonchev–Trinajstić information content (AvgIpc) is 2.02. The van der Waals surface area contributed by atoms with Crippen LogP contribution in [-0.2, 0) is 0 Å². The van der Waals surface area contributed by atoms with Gasteiger partial charge in [-0.2, -0.15) is 0 Å². The lowest BCUT2D eigenvalue weighted by molar-refractivity contribution is 0.512. The van der Waals surface area contributed by atoms with Gasteiger partial charge in [-0.1, -0.05) is 6.92 Å². The lowest BCUT2D eigenvalue weighted by Crippen LogP contribution is -2.28. The van der Waals surface area contributed by atoms with Crippen LogP contribution in [0.4, 0.5) is 0 Å². The summed E-state index contributed by atoms with van der Waals surface area (Å²) in [6.45, 7) is 10.4. The van der Waals surface area contributed by atoms with E-state index in [1.165, 1.54) is 0 Å². The summed E-state index contributed by atoms with van der Waals surface area (Å²) >= 11 is 0. The molecule has 0 aromatic heterocycles. The number of rotatable bonds is 6. The van der Waals surface area contributed by atoms with Crippen LogP contribution in [0.1, 0.15) is 6.92 Å². The zero-order chi connectivity index (χ0) is 12.3. The number of hydrogen-bond donors (Lipinski definition) is 4. The highest BCUT2D eigenvalue weighted by molar-refractivity contribution is 6.48. The van der Waals surface area contributed by atoms with E-state index in [4.69, 9.17) is 15.3 Å². The molecule has 0 amide bonds. The van der Waals surface area contributed by atoms with Crippen LogP contribution in [0.2, 0.25) is 25.7 Å². The minimum Gasteiger partial charge on any atom is -0.435 e. The molecule has 0 aliphatic heterocycles. The molecule has 4 nitrogen and oxygen atoms in total. The molecule has 0 saturated carbocycles. The fraction of sp³-hybridized carbons (Fsp3) is 1.00. The summed E-state index contributed by atoms with van der Waals surface area (Å²) in [7, 11) is -2.49. The predicted octanol–water partition coefficient (Wildman–Crippen LogP) is -0.521. The monoisotopic (exact) mass is 252 g/mol. The molecule has 0 rings (SSSR count). The lowest BCUT2D eigenvalue weighted by Gasteiger charge is -2.12. The third-order valence-electron chi connectivity index (χ3n) is 1.56. The minimum absolute atomic E-state index is 0.591. The highest BCUT2D eigenvalue weighted by Crippen LogP contribution is 2.02. The Balaban J connectivity index is 0. The molecule has 0 spiro atoms. The Bertz CT molecular complexity index is 124. The van der Waals surface area contributed by atoms with Crippen LogP contribution in [0, 0.1) is 5.92 Å². The fourth-order valence-electron chi connectivity index (χ4n) is 1.12. The molecule has 0 aliphatic carbocycles. The van der Waals surface area contributed by atoms with Crippen LogP contribution in [0.3, 0.4) is 0 Å². The Hall–Kier alpha value is 0.274. The van der Waals surface area contributed by atoms with E-state index in [0.29, 0.717) is 12.5 Å². The Labute approximate surface area is 97.3 Å². The van der Waals surface area contributed by atoms with E-state index in [9.17, 15) is 0 Å². The Morgan fingerprint density at radius 1 is 1.27 bits per heavy atom. The molecular formula is C9H28N2O2Si2. The van der Waals surface area contributed by atoms with Crippen molar-refractivity contribution in [2.45, 2.75) is 32.6 Å². The van der Waals surface area contributed by atoms with E-state index in [0.717, 1.165) is 19.1 Å². The molecule has 0 saturated heterocycles. The summed E-state index contributed by atoms with van der Waals surface area (Å²) in [6.07, 6.45) is 0. The van der Waals surface area contributed by atoms with Crippen molar-refractivity contribution in [3.8, 4) is 0 Å². The van der Waals surface area contributed by atoms with E-state index in [1.54, 1.807) is 0 Å². The predicted molar refractivity (Wildman–Crippen MR) is 72.2 cm³/mol. The number of nitrogens with one attached hydrogen (secondary N) is 1. The first-order valence-electron chi connectivity index (χ1n) is 5.67. The van der Waals surface area contributed by atoms with Gasteiger partial charge >= 0.3 is 0 Å². The van der Waals surface area contributed by atoms with Gasteiger partial charge < -0.3 is 20.6 Å². The first kappa shape index (κ1) is 17.7. The van der Waals surface area contributed by atoms with Crippen LogP contribution in [0.5, 0.6) is 0 Å². The van der Waals surface area contributed by atoms with Gasteiger partial charge in [-0.15, -0.1) is 0 Å². The van der Waals surface area contributed by atoms with Crippen LogP contribution >= 0.6 is 0 Å². The molecule has 0 aliphatic rings. The highest BCUT2D eigenvalue weighted by Gasteiger charge is 2.06. The molecular weight excluding hydrogens is 224 g/mol. The lowest BCUT2D eigenvalue weighted by atomic mass is 10.2. The van der Waals surface area contributed by atoms with Crippen molar-refractivity contribution in [1.82, 2.24) is 5.32 Å². The zero-order valence-electron chi connectivity index (χ0n) is 10.5. The topological polar surface area (TPSA) is 78.5 Å². The molecule has 94 valence electrons. The molecule has 0 aromatic rings. The second-order valence-corrected chi connectivity index (χ2v) is 8.63. The molecule has 2 unspecified atom stereocenters. The van der Waals surface area contributed by atoms with Gasteiger partial charge in [0.1, 0.15) is 0 Å². The molecule has 0 radical (unpaired) electrons. The van der Waals surface area contributed by atoms with E-state index >= 15 is 0 Å². The average molecular weight is 253 g/mol. The quantitative estimate of drug-likeness (QED) is 0.379. The largest absolute Gasteiger partial charge is 0.435 e. The normalized spacial score (nSPS) is 14.4. The summed E-state index contributed by atoms with van der Waals surface area (Å²) in [5.41, 5.74) is 5.31. The fourth-order valence-corrected chi connectivity index (χ4v) is 2.45.